The predicted molar refractivity (Wildman–Crippen MR) is 83.7 cm³/mol. The number of hydrogen-bond acceptors (Lipinski definition) is 3. The summed E-state index contributed by atoms with van der Waals surface area (Å²) in [7, 11) is 0. The van der Waals surface area contributed by atoms with Crippen molar-refractivity contribution in [2.75, 3.05) is 11.9 Å². The Morgan fingerprint density at radius 3 is 2.67 bits per heavy atom. The second-order valence-electron chi connectivity index (χ2n) is 7.14. The van der Waals surface area contributed by atoms with E-state index in [1.807, 2.05) is 0 Å². The summed E-state index contributed by atoms with van der Waals surface area (Å²) in [5, 5.41) is 8.00. The van der Waals surface area contributed by atoms with Crippen LogP contribution in [0, 0.1) is 17.3 Å². The first-order valence-corrected chi connectivity index (χ1v) is 8.55. The zero-order valence-corrected chi connectivity index (χ0v) is 13.0. The molecule has 1 aromatic heterocycles. The van der Waals surface area contributed by atoms with Gasteiger partial charge in [0.05, 0.1) is 11.2 Å². The Balaban J connectivity index is 1.50. The van der Waals surface area contributed by atoms with E-state index >= 15 is 0 Å². The first-order chi connectivity index (χ1) is 10.2. The largest absolute Gasteiger partial charge is 0.379 e. The number of nitrogens with one attached hydrogen (secondary N) is 1. The average molecular weight is 308 g/mol. The number of halogens is 1. The summed E-state index contributed by atoms with van der Waals surface area (Å²) in [5.74, 6) is 1.49. The van der Waals surface area contributed by atoms with Crippen molar-refractivity contribution in [1.82, 2.24) is 9.78 Å². The molecule has 1 heterocycles. The lowest BCUT2D eigenvalue weighted by atomic mass is 9.85. The van der Waals surface area contributed by atoms with E-state index in [9.17, 15) is 4.79 Å². The molecule has 0 unspecified atom stereocenters. The molecule has 0 aromatic carbocycles. The molecular weight excluding hydrogens is 286 g/mol. The van der Waals surface area contributed by atoms with Gasteiger partial charge in [0.1, 0.15) is 5.69 Å². The van der Waals surface area contributed by atoms with Crippen LogP contribution in [-0.2, 0) is 6.54 Å². The maximum Gasteiger partial charge on any atom is 0.291 e. The van der Waals surface area contributed by atoms with Gasteiger partial charge >= 0.3 is 0 Å². The molecule has 0 saturated heterocycles. The highest BCUT2D eigenvalue weighted by Crippen LogP contribution is 2.61. The van der Waals surface area contributed by atoms with E-state index < -0.39 is 0 Å². The lowest BCUT2D eigenvalue weighted by Crippen LogP contribution is -2.32. The zero-order chi connectivity index (χ0) is 14.4. The fourth-order valence-electron chi connectivity index (χ4n) is 3.53. The Morgan fingerprint density at radius 1 is 1.33 bits per heavy atom. The highest BCUT2D eigenvalue weighted by Gasteiger charge is 2.53. The SMILES string of the molecule is O=c1c(NCC2(C3CC3)CC2)c(Cl)cnn1CC1CCC1. The van der Waals surface area contributed by atoms with E-state index in [1.54, 1.807) is 10.9 Å². The average Bonchev–Trinajstić information content (AvgIpc) is 3.27. The van der Waals surface area contributed by atoms with Gasteiger partial charge in [-0.1, -0.05) is 18.0 Å². The fraction of sp³-hybridized carbons (Fsp3) is 0.750. The summed E-state index contributed by atoms with van der Waals surface area (Å²) in [6, 6.07) is 0. The molecule has 0 atom stereocenters. The minimum atomic E-state index is -0.0546. The molecule has 4 nitrogen and oxygen atoms in total. The van der Waals surface area contributed by atoms with Gasteiger partial charge in [-0.05, 0) is 55.8 Å². The standard InChI is InChI=1S/C16H22ClN3O/c17-13-8-19-20(9-11-2-1-3-11)15(21)14(13)18-10-16(6-7-16)12-4-5-12/h8,11-12,18H,1-7,9-10H2. The molecule has 21 heavy (non-hydrogen) atoms. The summed E-state index contributed by atoms with van der Waals surface area (Å²) in [4.78, 5) is 12.5. The number of nitrogens with zero attached hydrogens (tertiary/aromatic N) is 2. The van der Waals surface area contributed by atoms with E-state index in [0.717, 1.165) is 19.0 Å². The Bertz CT molecular complexity index is 600. The van der Waals surface area contributed by atoms with E-state index in [0.29, 0.717) is 22.0 Å². The van der Waals surface area contributed by atoms with Crippen molar-refractivity contribution in [1.29, 1.82) is 0 Å². The van der Waals surface area contributed by atoms with Gasteiger partial charge in [0, 0.05) is 13.1 Å². The molecule has 4 rings (SSSR count). The highest BCUT2D eigenvalue weighted by molar-refractivity contribution is 6.33. The van der Waals surface area contributed by atoms with Crippen LogP contribution in [0.25, 0.3) is 0 Å². The molecule has 1 aromatic rings. The maximum absolute atomic E-state index is 12.5. The van der Waals surface area contributed by atoms with Crippen LogP contribution in [0.1, 0.15) is 44.9 Å². The summed E-state index contributed by atoms with van der Waals surface area (Å²) in [5.41, 5.74) is 0.955. The van der Waals surface area contributed by atoms with Crippen LogP contribution in [0.15, 0.2) is 11.0 Å². The first kappa shape index (κ1) is 13.6. The Kier molecular flexibility index (Phi) is 3.25. The molecule has 3 aliphatic rings. The molecule has 0 spiro atoms. The van der Waals surface area contributed by atoms with Crippen molar-refractivity contribution < 1.29 is 0 Å². The molecule has 5 heteroatoms. The molecule has 3 aliphatic carbocycles. The van der Waals surface area contributed by atoms with Crippen molar-refractivity contribution in [3.63, 3.8) is 0 Å². The summed E-state index contributed by atoms with van der Waals surface area (Å²) in [6.45, 7) is 1.62. The second-order valence-corrected chi connectivity index (χ2v) is 7.55. The third kappa shape index (κ3) is 2.59. The molecule has 0 radical (unpaired) electrons. The van der Waals surface area contributed by atoms with Gasteiger partial charge in [-0.15, -0.1) is 0 Å². The lowest BCUT2D eigenvalue weighted by molar-refractivity contribution is 0.262. The van der Waals surface area contributed by atoms with E-state index in [4.69, 9.17) is 11.6 Å². The van der Waals surface area contributed by atoms with Crippen LogP contribution >= 0.6 is 11.6 Å². The normalized spacial score (nSPS) is 23.7. The van der Waals surface area contributed by atoms with Crippen molar-refractivity contribution >= 4 is 17.3 Å². The third-order valence-corrected chi connectivity index (χ3v) is 5.89. The Morgan fingerprint density at radius 2 is 2.10 bits per heavy atom. The molecule has 1 N–H and O–H groups in total. The highest BCUT2D eigenvalue weighted by atomic mass is 35.5. The van der Waals surface area contributed by atoms with Gasteiger partial charge in [0.15, 0.2) is 0 Å². The van der Waals surface area contributed by atoms with Crippen LogP contribution in [0.5, 0.6) is 0 Å². The van der Waals surface area contributed by atoms with E-state index in [1.165, 1.54) is 44.9 Å². The minimum Gasteiger partial charge on any atom is -0.379 e. The number of aromatic nitrogens is 2. The van der Waals surface area contributed by atoms with Crippen LogP contribution in [0.3, 0.4) is 0 Å². The molecule has 3 fully saturated rings. The summed E-state index contributed by atoms with van der Waals surface area (Å²) in [6.07, 6.45) is 10.6. The molecule has 114 valence electrons. The Labute approximate surface area is 129 Å². The van der Waals surface area contributed by atoms with Crippen LogP contribution < -0.4 is 10.9 Å². The van der Waals surface area contributed by atoms with Gasteiger partial charge in [-0.25, -0.2) is 4.68 Å². The lowest BCUT2D eigenvalue weighted by Gasteiger charge is -2.25. The van der Waals surface area contributed by atoms with Crippen molar-refractivity contribution in [3.05, 3.63) is 21.6 Å². The topological polar surface area (TPSA) is 46.9 Å². The second kappa shape index (κ2) is 5.01. The van der Waals surface area contributed by atoms with Gasteiger partial charge < -0.3 is 5.32 Å². The first-order valence-electron chi connectivity index (χ1n) is 8.17. The minimum absolute atomic E-state index is 0.0546. The zero-order valence-electron chi connectivity index (χ0n) is 12.3. The Hall–Kier alpha value is -1.03. The van der Waals surface area contributed by atoms with Crippen molar-refractivity contribution in [2.45, 2.75) is 51.5 Å². The van der Waals surface area contributed by atoms with Crippen molar-refractivity contribution in [3.8, 4) is 0 Å². The molecular formula is C16H22ClN3O. The van der Waals surface area contributed by atoms with Crippen LogP contribution in [-0.4, -0.2) is 16.3 Å². The van der Waals surface area contributed by atoms with Gasteiger partial charge in [0.2, 0.25) is 0 Å². The molecule has 0 aliphatic heterocycles. The smallest absolute Gasteiger partial charge is 0.291 e. The third-order valence-electron chi connectivity index (χ3n) is 5.61. The quantitative estimate of drug-likeness (QED) is 0.877. The van der Waals surface area contributed by atoms with Gasteiger partial charge in [-0.3, -0.25) is 4.79 Å². The molecule has 0 bridgehead atoms. The van der Waals surface area contributed by atoms with Gasteiger partial charge in [-0.2, -0.15) is 5.10 Å². The fourth-order valence-corrected chi connectivity index (χ4v) is 3.72. The van der Waals surface area contributed by atoms with E-state index in [-0.39, 0.29) is 5.56 Å². The number of rotatable bonds is 6. The number of anilines is 1. The monoisotopic (exact) mass is 307 g/mol. The van der Waals surface area contributed by atoms with Crippen LogP contribution in [0.2, 0.25) is 5.02 Å². The predicted octanol–water partition coefficient (Wildman–Crippen LogP) is 3.30. The number of hydrogen-bond donors (Lipinski definition) is 1. The molecule has 3 saturated carbocycles. The van der Waals surface area contributed by atoms with E-state index in [2.05, 4.69) is 10.4 Å². The summed E-state index contributed by atoms with van der Waals surface area (Å²) < 4.78 is 1.59. The summed E-state index contributed by atoms with van der Waals surface area (Å²) >= 11 is 6.19. The molecule has 0 amide bonds. The maximum atomic E-state index is 12.5. The van der Waals surface area contributed by atoms with Crippen molar-refractivity contribution in [2.24, 2.45) is 17.3 Å². The van der Waals surface area contributed by atoms with Crippen LogP contribution in [0.4, 0.5) is 5.69 Å². The van der Waals surface area contributed by atoms with Gasteiger partial charge in [0.25, 0.3) is 5.56 Å².